The SMILES string of the molecule is Cc1cnc(NC(=O)NC2(CC(=O)O)CCCCC2)s1. The fraction of sp³-hybridized carbons (Fsp3) is 0.615. The first-order chi connectivity index (χ1) is 9.49. The molecule has 0 aliphatic heterocycles. The van der Waals surface area contributed by atoms with E-state index >= 15 is 0 Å². The van der Waals surface area contributed by atoms with Gasteiger partial charge in [-0.15, -0.1) is 11.3 Å². The second kappa shape index (κ2) is 6.21. The van der Waals surface area contributed by atoms with Gasteiger partial charge in [-0.25, -0.2) is 9.78 Å². The third-order valence-electron chi connectivity index (χ3n) is 3.52. The van der Waals surface area contributed by atoms with Crippen LogP contribution in [0.25, 0.3) is 0 Å². The minimum atomic E-state index is -0.878. The van der Waals surface area contributed by atoms with Crippen molar-refractivity contribution in [1.82, 2.24) is 10.3 Å². The fourth-order valence-corrected chi connectivity index (χ4v) is 3.31. The van der Waals surface area contributed by atoms with Crippen LogP contribution in [-0.2, 0) is 4.79 Å². The third-order valence-corrected chi connectivity index (χ3v) is 4.35. The van der Waals surface area contributed by atoms with E-state index in [0.717, 1.165) is 24.1 Å². The van der Waals surface area contributed by atoms with Gasteiger partial charge in [0.2, 0.25) is 0 Å². The molecule has 0 saturated heterocycles. The van der Waals surface area contributed by atoms with E-state index in [4.69, 9.17) is 5.11 Å². The Bertz CT molecular complexity index is 495. The number of carbonyl (C=O) groups excluding carboxylic acids is 1. The Morgan fingerprint density at radius 2 is 2.10 bits per heavy atom. The number of carboxylic acids is 1. The lowest BCUT2D eigenvalue weighted by molar-refractivity contribution is -0.138. The number of nitrogens with one attached hydrogen (secondary N) is 2. The maximum atomic E-state index is 12.0. The molecule has 1 fully saturated rings. The summed E-state index contributed by atoms with van der Waals surface area (Å²) in [6.45, 7) is 1.91. The molecule has 7 heteroatoms. The highest BCUT2D eigenvalue weighted by molar-refractivity contribution is 7.15. The molecular formula is C13H19N3O3S. The number of urea groups is 1. The zero-order valence-corrected chi connectivity index (χ0v) is 12.3. The lowest BCUT2D eigenvalue weighted by Gasteiger charge is -2.36. The van der Waals surface area contributed by atoms with Crippen LogP contribution in [0.4, 0.5) is 9.93 Å². The summed E-state index contributed by atoms with van der Waals surface area (Å²) in [5.74, 6) is -0.878. The molecule has 2 rings (SSSR count). The van der Waals surface area contributed by atoms with Crippen molar-refractivity contribution in [1.29, 1.82) is 0 Å². The highest BCUT2D eigenvalue weighted by Gasteiger charge is 2.35. The molecule has 20 heavy (non-hydrogen) atoms. The summed E-state index contributed by atoms with van der Waals surface area (Å²) in [4.78, 5) is 28.1. The van der Waals surface area contributed by atoms with Gasteiger partial charge in [0.05, 0.1) is 12.0 Å². The first-order valence-corrected chi connectivity index (χ1v) is 7.54. The van der Waals surface area contributed by atoms with Gasteiger partial charge in [-0.05, 0) is 19.8 Å². The van der Waals surface area contributed by atoms with Crippen LogP contribution in [0.1, 0.15) is 43.4 Å². The average molecular weight is 297 g/mol. The van der Waals surface area contributed by atoms with Gasteiger partial charge in [0, 0.05) is 11.1 Å². The van der Waals surface area contributed by atoms with Crippen LogP contribution in [0.5, 0.6) is 0 Å². The van der Waals surface area contributed by atoms with Crippen LogP contribution in [0.15, 0.2) is 6.20 Å². The Morgan fingerprint density at radius 1 is 1.40 bits per heavy atom. The molecule has 0 spiro atoms. The molecule has 1 saturated carbocycles. The lowest BCUT2D eigenvalue weighted by atomic mass is 9.79. The number of carbonyl (C=O) groups is 2. The summed E-state index contributed by atoms with van der Waals surface area (Å²) in [6.07, 6.45) is 6.07. The number of aryl methyl sites for hydroxylation is 1. The predicted octanol–water partition coefficient (Wildman–Crippen LogP) is 2.75. The summed E-state index contributed by atoms with van der Waals surface area (Å²) in [7, 11) is 0. The quantitative estimate of drug-likeness (QED) is 0.797. The van der Waals surface area contributed by atoms with Crippen molar-refractivity contribution in [2.45, 2.75) is 51.0 Å². The van der Waals surface area contributed by atoms with E-state index in [2.05, 4.69) is 15.6 Å². The fourth-order valence-electron chi connectivity index (χ4n) is 2.65. The summed E-state index contributed by atoms with van der Waals surface area (Å²) < 4.78 is 0. The van der Waals surface area contributed by atoms with E-state index in [0.29, 0.717) is 18.0 Å². The molecule has 0 aromatic carbocycles. The zero-order chi connectivity index (χ0) is 14.6. The highest BCUT2D eigenvalue weighted by Crippen LogP contribution is 2.31. The van der Waals surface area contributed by atoms with Crippen molar-refractivity contribution < 1.29 is 14.7 Å². The van der Waals surface area contributed by atoms with Crippen molar-refractivity contribution in [3.8, 4) is 0 Å². The zero-order valence-electron chi connectivity index (χ0n) is 11.4. The van der Waals surface area contributed by atoms with Crippen LogP contribution < -0.4 is 10.6 Å². The Balaban J connectivity index is 1.99. The summed E-state index contributed by atoms with van der Waals surface area (Å²) in [5, 5.41) is 15.1. The second-order valence-corrected chi connectivity index (χ2v) is 6.50. The molecule has 6 nitrogen and oxygen atoms in total. The number of hydrogen-bond acceptors (Lipinski definition) is 4. The normalized spacial score (nSPS) is 17.4. The molecule has 1 aliphatic rings. The summed E-state index contributed by atoms with van der Waals surface area (Å²) >= 11 is 1.39. The first kappa shape index (κ1) is 14.8. The smallest absolute Gasteiger partial charge is 0.321 e. The number of hydrogen-bond donors (Lipinski definition) is 3. The van der Waals surface area contributed by atoms with E-state index in [1.54, 1.807) is 6.20 Å². The van der Waals surface area contributed by atoms with E-state index < -0.39 is 11.5 Å². The van der Waals surface area contributed by atoms with E-state index in [1.165, 1.54) is 11.3 Å². The minimum absolute atomic E-state index is 0.0304. The van der Waals surface area contributed by atoms with E-state index in [1.807, 2.05) is 6.92 Å². The second-order valence-electron chi connectivity index (χ2n) is 5.27. The summed E-state index contributed by atoms with van der Waals surface area (Å²) in [5.41, 5.74) is -0.625. The maximum Gasteiger partial charge on any atom is 0.321 e. The van der Waals surface area contributed by atoms with Crippen LogP contribution >= 0.6 is 11.3 Å². The number of amides is 2. The van der Waals surface area contributed by atoms with Gasteiger partial charge in [-0.3, -0.25) is 10.1 Å². The van der Waals surface area contributed by atoms with Gasteiger partial charge < -0.3 is 10.4 Å². The minimum Gasteiger partial charge on any atom is -0.481 e. The maximum absolute atomic E-state index is 12.0. The van der Waals surface area contributed by atoms with Crippen molar-refractivity contribution in [3.05, 3.63) is 11.1 Å². The van der Waals surface area contributed by atoms with Crippen LogP contribution in [0, 0.1) is 6.92 Å². The molecular weight excluding hydrogens is 278 g/mol. The molecule has 110 valence electrons. The molecule has 1 aromatic heterocycles. The Labute approximate surface area is 121 Å². The Hall–Kier alpha value is -1.63. The number of carboxylic acid groups (broad SMARTS) is 1. The molecule has 0 bridgehead atoms. The van der Waals surface area contributed by atoms with Gasteiger partial charge in [-0.2, -0.15) is 0 Å². The van der Waals surface area contributed by atoms with Crippen LogP contribution in [0.3, 0.4) is 0 Å². The lowest BCUT2D eigenvalue weighted by Crippen LogP contribution is -2.52. The largest absolute Gasteiger partial charge is 0.481 e. The standard InChI is InChI=1S/C13H19N3O3S/c1-9-8-14-12(20-9)15-11(19)16-13(7-10(17)18)5-3-2-4-6-13/h8H,2-7H2,1H3,(H,17,18)(H2,14,15,16,19). The van der Waals surface area contributed by atoms with Crippen molar-refractivity contribution in [2.24, 2.45) is 0 Å². The molecule has 0 radical (unpaired) electrons. The molecule has 1 aliphatic carbocycles. The third kappa shape index (κ3) is 3.93. The number of aromatic nitrogens is 1. The molecule has 1 heterocycles. The van der Waals surface area contributed by atoms with Crippen molar-refractivity contribution in [2.75, 3.05) is 5.32 Å². The molecule has 3 N–H and O–H groups in total. The van der Waals surface area contributed by atoms with Crippen LogP contribution in [-0.4, -0.2) is 27.6 Å². The average Bonchev–Trinajstić information content (AvgIpc) is 2.74. The number of aliphatic carboxylic acids is 1. The highest BCUT2D eigenvalue weighted by atomic mass is 32.1. The monoisotopic (exact) mass is 297 g/mol. The van der Waals surface area contributed by atoms with Gasteiger partial charge in [0.1, 0.15) is 0 Å². The van der Waals surface area contributed by atoms with Gasteiger partial charge in [0.15, 0.2) is 5.13 Å². The first-order valence-electron chi connectivity index (χ1n) is 6.72. The molecule has 0 atom stereocenters. The van der Waals surface area contributed by atoms with E-state index in [-0.39, 0.29) is 12.5 Å². The van der Waals surface area contributed by atoms with E-state index in [9.17, 15) is 9.59 Å². The number of nitrogens with zero attached hydrogens (tertiary/aromatic N) is 1. The number of thiazole rings is 1. The molecule has 0 unspecified atom stereocenters. The molecule has 2 amide bonds. The molecule has 1 aromatic rings. The number of rotatable bonds is 4. The van der Waals surface area contributed by atoms with Gasteiger partial charge >= 0.3 is 12.0 Å². The topological polar surface area (TPSA) is 91.3 Å². The van der Waals surface area contributed by atoms with Crippen LogP contribution in [0.2, 0.25) is 0 Å². The van der Waals surface area contributed by atoms with Gasteiger partial charge in [-0.1, -0.05) is 19.3 Å². The van der Waals surface area contributed by atoms with Gasteiger partial charge in [0.25, 0.3) is 0 Å². The van der Waals surface area contributed by atoms with Crippen molar-refractivity contribution >= 4 is 28.5 Å². The Morgan fingerprint density at radius 3 is 2.65 bits per heavy atom. The Kier molecular flexibility index (Phi) is 4.59. The summed E-state index contributed by atoms with van der Waals surface area (Å²) in [6, 6.07) is -0.373. The predicted molar refractivity (Wildman–Crippen MR) is 77.1 cm³/mol. The van der Waals surface area contributed by atoms with Crippen molar-refractivity contribution in [3.63, 3.8) is 0 Å². The number of anilines is 1.